The molecule has 4 rings (SSSR count). The number of hydrogen-bond acceptors (Lipinski definition) is 6. The molecule has 0 spiro atoms. The molecule has 2 N–H and O–H groups in total. The number of nitrogens with zero attached hydrogens (tertiary/aromatic N) is 1. The van der Waals surface area contributed by atoms with E-state index in [4.69, 9.17) is 9.15 Å². The summed E-state index contributed by atoms with van der Waals surface area (Å²) in [7, 11) is 1.63. The number of benzene rings is 2. The van der Waals surface area contributed by atoms with Gasteiger partial charge in [0.1, 0.15) is 17.2 Å². The second kappa shape index (κ2) is 11.0. The molecule has 0 saturated carbocycles. The van der Waals surface area contributed by atoms with Gasteiger partial charge in [-0.1, -0.05) is 12.1 Å². The third kappa shape index (κ3) is 6.36. The minimum atomic E-state index is -0.126. The Morgan fingerprint density at radius 1 is 1.00 bits per heavy atom. The fourth-order valence-electron chi connectivity index (χ4n) is 3.49. The molecular formula is C27H27N3O4S. The molecule has 35 heavy (non-hydrogen) atoms. The number of aromatic nitrogens is 1. The summed E-state index contributed by atoms with van der Waals surface area (Å²) in [6, 6.07) is 18.8. The maximum atomic E-state index is 12.3. The van der Waals surface area contributed by atoms with Gasteiger partial charge in [-0.3, -0.25) is 9.59 Å². The van der Waals surface area contributed by atoms with Gasteiger partial charge in [-0.05, 0) is 74.4 Å². The molecule has 2 amide bonds. The summed E-state index contributed by atoms with van der Waals surface area (Å²) < 4.78 is 11.0. The molecule has 0 bridgehead atoms. The van der Waals surface area contributed by atoms with Crippen molar-refractivity contribution in [3.8, 4) is 17.2 Å². The largest absolute Gasteiger partial charge is 0.497 e. The summed E-state index contributed by atoms with van der Waals surface area (Å²) in [6.07, 6.45) is 1.03. The SMILES string of the molecule is COc1ccc(CCC(=O)Nc2ccc(-c3nc(CNC(=O)c4ccc(C)s4)c(C)o3)cc2)cc1. The lowest BCUT2D eigenvalue weighted by Crippen LogP contribution is -2.22. The standard InChI is InChI=1S/C27H27N3O4S/c1-17-4-14-24(35-17)26(32)28-16-23-18(2)34-27(30-23)20-8-10-21(11-9-20)29-25(31)15-7-19-5-12-22(33-3)13-6-19/h4-6,8-14H,7,15-16H2,1-3H3,(H,28,32)(H,29,31). The van der Waals surface area contributed by atoms with Crippen LogP contribution in [0.5, 0.6) is 5.75 Å². The number of carbonyl (C=O) groups is 2. The Bertz CT molecular complexity index is 1310. The quantitative estimate of drug-likeness (QED) is 0.322. The van der Waals surface area contributed by atoms with E-state index in [2.05, 4.69) is 15.6 Å². The van der Waals surface area contributed by atoms with Crippen molar-refractivity contribution < 1.29 is 18.7 Å². The number of methoxy groups -OCH3 is 1. The van der Waals surface area contributed by atoms with Crippen LogP contribution in [0.4, 0.5) is 5.69 Å². The first-order valence-corrected chi connectivity index (χ1v) is 12.1. The zero-order chi connectivity index (χ0) is 24.8. The lowest BCUT2D eigenvalue weighted by Gasteiger charge is -2.06. The topological polar surface area (TPSA) is 93.5 Å². The van der Waals surface area contributed by atoms with E-state index in [1.807, 2.05) is 74.5 Å². The van der Waals surface area contributed by atoms with Gasteiger partial charge in [0.05, 0.1) is 18.5 Å². The summed E-state index contributed by atoms with van der Waals surface area (Å²) in [5, 5.41) is 5.81. The number of thiophene rings is 1. The number of rotatable bonds is 9. The minimum Gasteiger partial charge on any atom is -0.497 e. The molecule has 0 aliphatic rings. The molecule has 0 saturated heterocycles. The maximum Gasteiger partial charge on any atom is 0.261 e. The highest BCUT2D eigenvalue weighted by molar-refractivity contribution is 7.13. The molecule has 8 heteroatoms. The number of nitrogens with one attached hydrogen (secondary N) is 2. The second-order valence-corrected chi connectivity index (χ2v) is 9.38. The predicted octanol–water partition coefficient (Wildman–Crippen LogP) is 5.53. The van der Waals surface area contributed by atoms with Crippen LogP contribution in [-0.2, 0) is 17.8 Å². The third-order valence-corrected chi connectivity index (χ3v) is 6.49. The van der Waals surface area contributed by atoms with Crippen LogP contribution in [0, 0.1) is 13.8 Å². The second-order valence-electron chi connectivity index (χ2n) is 8.09. The van der Waals surface area contributed by atoms with Crippen LogP contribution in [0.15, 0.2) is 65.1 Å². The molecule has 2 aromatic heterocycles. The van der Waals surface area contributed by atoms with Gasteiger partial charge >= 0.3 is 0 Å². The highest BCUT2D eigenvalue weighted by atomic mass is 32.1. The summed E-state index contributed by atoms with van der Waals surface area (Å²) in [6.45, 7) is 4.08. The van der Waals surface area contributed by atoms with Gasteiger partial charge in [-0.25, -0.2) is 4.98 Å². The molecular weight excluding hydrogens is 462 g/mol. The molecule has 0 fully saturated rings. The zero-order valence-corrected chi connectivity index (χ0v) is 20.7. The molecule has 2 heterocycles. The number of anilines is 1. The van der Waals surface area contributed by atoms with Crippen LogP contribution >= 0.6 is 11.3 Å². The highest BCUT2D eigenvalue weighted by Crippen LogP contribution is 2.24. The van der Waals surface area contributed by atoms with Gasteiger partial charge in [0.15, 0.2) is 0 Å². The lowest BCUT2D eigenvalue weighted by atomic mass is 10.1. The van der Waals surface area contributed by atoms with Crippen LogP contribution in [0.1, 0.15) is 38.0 Å². The Hall–Kier alpha value is -3.91. The lowest BCUT2D eigenvalue weighted by molar-refractivity contribution is -0.116. The van der Waals surface area contributed by atoms with Crippen molar-refractivity contribution in [3.05, 3.63) is 87.4 Å². The fourth-order valence-corrected chi connectivity index (χ4v) is 4.28. The molecule has 2 aromatic carbocycles. The van der Waals surface area contributed by atoms with Gasteiger partial charge < -0.3 is 19.8 Å². The van der Waals surface area contributed by atoms with E-state index in [9.17, 15) is 9.59 Å². The zero-order valence-electron chi connectivity index (χ0n) is 19.9. The van der Waals surface area contributed by atoms with Crippen LogP contribution in [-0.4, -0.2) is 23.9 Å². The van der Waals surface area contributed by atoms with E-state index in [1.165, 1.54) is 11.3 Å². The maximum absolute atomic E-state index is 12.3. The first-order valence-electron chi connectivity index (χ1n) is 11.3. The van der Waals surface area contributed by atoms with Crippen LogP contribution < -0.4 is 15.4 Å². The van der Waals surface area contributed by atoms with Crippen molar-refractivity contribution in [1.82, 2.24) is 10.3 Å². The third-order valence-electron chi connectivity index (χ3n) is 5.49. The first-order chi connectivity index (χ1) is 16.9. The minimum absolute atomic E-state index is 0.0560. The monoisotopic (exact) mass is 489 g/mol. The van der Waals surface area contributed by atoms with Crippen molar-refractivity contribution in [3.63, 3.8) is 0 Å². The van der Waals surface area contributed by atoms with E-state index in [-0.39, 0.29) is 18.4 Å². The summed E-state index contributed by atoms with van der Waals surface area (Å²) >= 11 is 1.46. The molecule has 180 valence electrons. The van der Waals surface area contributed by atoms with E-state index >= 15 is 0 Å². The molecule has 0 aliphatic carbocycles. The molecule has 0 unspecified atom stereocenters. The van der Waals surface area contributed by atoms with Crippen molar-refractivity contribution in [2.24, 2.45) is 0 Å². The summed E-state index contributed by atoms with van der Waals surface area (Å²) in [4.78, 5) is 30.9. The predicted molar refractivity (Wildman–Crippen MR) is 137 cm³/mol. The first kappa shape index (κ1) is 24.2. The Kier molecular flexibility index (Phi) is 7.62. The van der Waals surface area contributed by atoms with Crippen LogP contribution in [0.25, 0.3) is 11.5 Å². The average Bonchev–Trinajstić information content (AvgIpc) is 3.47. The average molecular weight is 490 g/mol. The van der Waals surface area contributed by atoms with Crippen molar-refractivity contribution in [2.75, 3.05) is 12.4 Å². The van der Waals surface area contributed by atoms with Gasteiger partial charge in [0.25, 0.3) is 5.91 Å². The smallest absolute Gasteiger partial charge is 0.261 e. The number of ether oxygens (including phenoxy) is 1. The fraction of sp³-hybridized carbons (Fsp3) is 0.222. The van der Waals surface area contributed by atoms with E-state index in [1.54, 1.807) is 7.11 Å². The van der Waals surface area contributed by atoms with E-state index < -0.39 is 0 Å². The summed E-state index contributed by atoms with van der Waals surface area (Å²) in [5.74, 6) is 1.73. The van der Waals surface area contributed by atoms with E-state index in [0.29, 0.717) is 40.8 Å². The number of carbonyl (C=O) groups excluding carboxylic acids is 2. The number of amides is 2. The van der Waals surface area contributed by atoms with Crippen molar-refractivity contribution in [2.45, 2.75) is 33.2 Å². The van der Waals surface area contributed by atoms with Gasteiger partial charge in [0.2, 0.25) is 11.8 Å². The van der Waals surface area contributed by atoms with Gasteiger partial charge in [-0.15, -0.1) is 11.3 Å². The van der Waals surface area contributed by atoms with Crippen LogP contribution in [0.3, 0.4) is 0 Å². The molecule has 0 atom stereocenters. The molecule has 0 aliphatic heterocycles. The Morgan fingerprint density at radius 3 is 2.40 bits per heavy atom. The van der Waals surface area contributed by atoms with Crippen LogP contribution in [0.2, 0.25) is 0 Å². The number of aryl methyl sites for hydroxylation is 3. The summed E-state index contributed by atoms with van der Waals surface area (Å²) in [5.41, 5.74) is 3.25. The number of oxazole rings is 1. The molecule has 7 nitrogen and oxygen atoms in total. The normalized spacial score (nSPS) is 10.7. The Balaban J connectivity index is 1.30. The molecule has 0 radical (unpaired) electrons. The Labute approximate surface area is 208 Å². The van der Waals surface area contributed by atoms with E-state index in [0.717, 1.165) is 21.8 Å². The molecule has 4 aromatic rings. The van der Waals surface area contributed by atoms with Crippen molar-refractivity contribution >= 4 is 28.8 Å². The van der Waals surface area contributed by atoms with Crippen molar-refractivity contribution in [1.29, 1.82) is 0 Å². The number of hydrogen-bond donors (Lipinski definition) is 2. The van der Waals surface area contributed by atoms with Gasteiger partial charge in [0, 0.05) is 22.5 Å². The highest BCUT2D eigenvalue weighted by Gasteiger charge is 2.14. The van der Waals surface area contributed by atoms with Gasteiger partial charge in [-0.2, -0.15) is 0 Å². The Morgan fingerprint density at radius 2 is 1.74 bits per heavy atom.